The molecule has 1 aromatic carbocycles. The SMILES string of the molecule is CCC(C)(C)N(C)c1ccc([C@H](C)O)cc1F. The largest absolute Gasteiger partial charge is 0.389 e. The van der Waals surface area contributed by atoms with Gasteiger partial charge in [0.2, 0.25) is 0 Å². The predicted molar refractivity (Wildman–Crippen MR) is 69.8 cm³/mol. The first kappa shape index (κ1) is 14.0. The lowest BCUT2D eigenvalue weighted by Crippen LogP contribution is -2.41. The second kappa shape index (κ2) is 5.05. The molecular weight excluding hydrogens is 217 g/mol. The molecule has 1 atom stereocenters. The zero-order valence-corrected chi connectivity index (χ0v) is 11.3. The van der Waals surface area contributed by atoms with Gasteiger partial charge in [0, 0.05) is 12.6 Å². The standard InChI is InChI=1S/C14H22FNO/c1-6-14(3,4)16(5)13-8-7-11(10(2)17)9-12(13)15/h7-10,17H,6H2,1-5H3/t10-/m0/s1. The summed E-state index contributed by atoms with van der Waals surface area (Å²) in [6, 6.07) is 4.91. The lowest BCUT2D eigenvalue weighted by Gasteiger charge is -2.37. The van der Waals surface area contributed by atoms with Crippen molar-refractivity contribution < 1.29 is 9.50 Å². The van der Waals surface area contributed by atoms with Crippen molar-refractivity contribution >= 4 is 5.69 Å². The van der Waals surface area contributed by atoms with Gasteiger partial charge in [0.05, 0.1) is 11.8 Å². The Morgan fingerprint density at radius 3 is 2.41 bits per heavy atom. The number of hydrogen-bond donors (Lipinski definition) is 1. The van der Waals surface area contributed by atoms with Gasteiger partial charge in [-0.05, 0) is 44.9 Å². The zero-order valence-electron chi connectivity index (χ0n) is 11.3. The number of hydrogen-bond acceptors (Lipinski definition) is 2. The van der Waals surface area contributed by atoms with Crippen LogP contribution in [0.5, 0.6) is 0 Å². The van der Waals surface area contributed by atoms with Gasteiger partial charge in [-0.15, -0.1) is 0 Å². The van der Waals surface area contributed by atoms with Crippen LogP contribution in [0.1, 0.15) is 45.8 Å². The number of benzene rings is 1. The van der Waals surface area contributed by atoms with Crippen molar-refractivity contribution in [2.45, 2.75) is 45.8 Å². The van der Waals surface area contributed by atoms with Crippen LogP contribution in [0.4, 0.5) is 10.1 Å². The monoisotopic (exact) mass is 239 g/mol. The number of aliphatic hydroxyl groups is 1. The van der Waals surface area contributed by atoms with Crippen LogP contribution in [0.2, 0.25) is 0 Å². The van der Waals surface area contributed by atoms with Crippen LogP contribution in [0.3, 0.4) is 0 Å². The normalized spacial score (nSPS) is 13.6. The van der Waals surface area contributed by atoms with Crippen LogP contribution < -0.4 is 4.90 Å². The van der Waals surface area contributed by atoms with Gasteiger partial charge in [0.1, 0.15) is 5.82 Å². The van der Waals surface area contributed by atoms with E-state index < -0.39 is 6.10 Å². The Labute approximate surface area is 103 Å². The van der Waals surface area contributed by atoms with E-state index in [0.717, 1.165) is 6.42 Å². The van der Waals surface area contributed by atoms with Crippen LogP contribution in [0.15, 0.2) is 18.2 Å². The molecule has 0 heterocycles. The minimum atomic E-state index is -0.636. The summed E-state index contributed by atoms with van der Waals surface area (Å²) in [7, 11) is 1.89. The highest BCUT2D eigenvalue weighted by atomic mass is 19.1. The predicted octanol–water partition coefficient (Wildman–Crippen LogP) is 3.50. The first-order chi connectivity index (χ1) is 7.79. The molecule has 0 spiro atoms. The summed E-state index contributed by atoms with van der Waals surface area (Å²) in [6.45, 7) is 7.87. The first-order valence-corrected chi connectivity index (χ1v) is 6.01. The minimum absolute atomic E-state index is 0.0901. The van der Waals surface area contributed by atoms with E-state index in [1.807, 2.05) is 11.9 Å². The topological polar surface area (TPSA) is 23.5 Å². The fourth-order valence-electron chi connectivity index (χ4n) is 1.62. The molecule has 1 rings (SSSR count). The molecule has 0 aliphatic heterocycles. The minimum Gasteiger partial charge on any atom is -0.389 e. The van der Waals surface area contributed by atoms with E-state index in [-0.39, 0.29) is 11.4 Å². The molecule has 0 amide bonds. The van der Waals surface area contributed by atoms with Crippen molar-refractivity contribution in [1.82, 2.24) is 0 Å². The molecule has 0 aromatic heterocycles. The molecule has 0 fully saturated rings. The fraction of sp³-hybridized carbons (Fsp3) is 0.571. The number of rotatable bonds is 4. The summed E-state index contributed by atoms with van der Waals surface area (Å²) in [6.07, 6.45) is 0.296. The third-order valence-electron chi connectivity index (χ3n) is 3.59. The van der Waals surface area contributed by atoms with E-state index in [1.54, 1.807) is 19.1 Å². The number of halogens is 1. The Balaban J connectivity index is 3.08. The van der Waals surface area contributed by atoms with Gasteiger partial charge in [0.15, 0.2) is 0 Å². The van der Waals surface area contributed by atoms with Crippen molar-refractivity contribution in [2.24, 2.45) is 0 Å². The van der Waals surface area contributed by atoms with Crippen molar-refractivity contribution in [1.29, 1.82) is 0 Å². The van der Waals surface area contributed by atoms with Crippen molar-refractivity contribution in [3.63, 3.8) is 0 Å². The third kappa shape index (κ3) is 2.97. The molecule has 0 aliphatic carbocycles. The molecule has 17 heavy (non-hydrogen) atoms. The molecule has 1 aromatic rings. The molecule has 3 heteroatoms. The lowest BCUT2D eigenvalue weighted by molar-refractivity contribution is 0.199. The molecule has 0 aliphatic rings. The van der Waals surface area contributed by atoms with Crippen molar-refractivity contribution in [3.05, 3.63) is 29.6 Å². The van der Waals surface area contributed by atoms with Crippen LogP contribution >= 0.6 is 0 Å². The highest BCUT2D eigenvalue weighted by Crippen LogP contribution is 2.28. The van der Waals surface area contributed by atoms with E-state index in [1.165, 1.54) is 6.07 Å². The molecule has 0 saturated carbocycles. The van der Waals surface area contributed by atoms with Gasteiger partial charge in [-0.25, -0.2) is 4.39 Å². The summed E-state index contributed by atoms with van der Waals surface area (Å²) < 4.78 is 14.0. The summed E-state index contributed by atoms with van der Waals surface area (Å²) in [5, 5.41) is 9.40. The van der Waals surface area contributed by atoms with E-state index in [2.05, 4.69) is 20.8 Å². The maximum Gasteiger partial charge on any atom is 0.146 e. The molecule has 0 unspecified atom stereocenters. The third-order valence-corrected chi connectivity index (χ3v) is 3.59. The molecule has 0 bridgehead atoms. The Kier molecular flexibility index (Phi) is 4.15. The smallest absolute Gasteiger partial charge is 0.146 e. The maximum absolute atomic E-state index is 14.0. The second-order valence-corrected chi connectivity index (χ2v) is 5.11. The first-order valence-electron chi connectivity index (χ1n) is 6.01. The Bertz CT molecular complexity index is 388. The van der Waals surface area contributed by atoms with Gasteiger partial charge in [-0.2, -0.15) is 0 Å². The molecule has 2 nitrogen and oxygen atoms in total. The molecular formula is C14H22FNO. The van der Waals surface area contributed by atoms with E-state index in [9.17, 15) is 9.50 Å². The fourth-order valence-corrected chi connectivity index (χ4v) is 1.62. The van der Waals surface area contributed by atoms with Crippen molar-refractivity contribution in [3.8, 4) is 0 Å². The summed E-state index contributed by atoms with van der Waals surface area (Å²) in [5.41, 5.74) is 1.09. The Morgan fingerprint density at radius 2 is 2.00 bits per heavy atom. The molecule has 0 radical (unpaired) electrons. The Morgan fingerprint density at radius 1 is 1.41 bits per heavy atom. The average Bonchev–Trinajstić information content (AvgIpc) is 2.27. The van der Waals surface area contributed by atoms with Gasteiger partial charge in [0.25, 0.3) is 0 Å². The number of nitrogens with zero attached hydrogens (tertiary/aromatic N) is 1. The highest BCUT2D eigenvalue weighted by Gasteiger charge is 2.23. The van der Waals surface area contributed by atoms with Crippen LogP contribution in [-0.4, -0.2) is 17.7 Å². The Hall–Kier alpha value is -1.09. The van der Waals surface area contributed by atoms with Crippen molar-refractivity contribution in [2.75, 3.05) is 11.9 Å². The average molecular weight is 239 g/mol. The van der Waals surface area contributed by atoms with Crippen LogP contribution in [0, 0.1) is 5.82 Å². The highest BCUT2D eigenvalue weighted by molar-refractivity contribution is 5.50. The number of anilines is 1. The van der Waals surface area contributed by atoms with Crippen LogP contribution in [-0.2, 0) is 0 Å². The molecule has 1 N–H and O–H groups in total. The second-order valence-electron chi connectivity index (χ2n) is 5.11. The van der Waals surface area contributed by atoms with Gasteiger partial charge in [-0.3, -0.25) is 0 Å². The quantitative estimate of drug-likeness (QED) is 0.869. The van der Waals surface area contributed by atoms with Gasteiger partial charge in [-0.1, -0.05) is 13.0 Å². The van der Waals surface area contributed by atoms with Crippen LogP contribution in [0.25, 0.3) is 0 Å². The summed E-state index contributed by atoms with van der Waals surface area (Å²) >= 11 is 0. The van der Waals surface area contributed by atoms with Gasteiger partial charge >= 0.3 is 0 Å². The zero-order chi connectivity index (χ0) is 13.2. The maximum atomic E-state index is 14.0. The lowest BCUT2D eigenvalue weighted by atomic mass is 9.98. The van der Waals surface area contributed by atoms with E-state index in [0.29, 0.717) is 11.3 Å². The summed E-state index contributed by atoms with van der Waals surface area (Å²) in [5.74, 6) is -0.285. The van der Waals surface area contributed by atoms with Gasteiger partial charge < -0.3 is 10.0 Å². The summed E-state index contributed by atoms with van der Waals surface area (Å²) in [4.78, 5) is 1.94. The molecule has 96 valence electrons. The number of aliphatic hydroxyl groups excluding tert-OH is 1. The van der Waals surface area contributed by atoms with E-state index in [4.69, 9.17) is 0 Å². The molecule has 0 saturated heterocycles. The van der Waals surface area contributed by atoms with E-state index >= 15 is 0 Å².